The van der Waals surface area contributed by atoms with Gasteiger partial charge in [0.1, 0.15) is 6.04 Å². The van der Waals surface area contributed by atoms with Crippen LogP contribution in [0, 0.1) is 0 Å². The van der Waals surface area contributed by atoms with Crippen LogP contribution in [0.5, 0.6) is 0 Å². The lowest BCUT2D eigenvalue weighted by molar-refractivity contribution is -0.140. The minimum atomic E-state index is -1.29. The second kappa shape index (κ2) is 9.85. The third kappa shape index (κ3) is 5.87. The quantitative estimate of drug-likeness (QED) is 0.308. The van der Waals surface area contributed by atoms with Crippen molar-refractivity contribution in [2.45, 2.75) is 38.1 Å². The molecule has 1 amide bonds. The Morgan fingerprint density at radius 2 is 1.76 bits per heavy atom. The van der Waals surface area contributed by atoms with Crippen LogP contribution < -0.4 is 16.8 Å². The minimum absolute atomic E-state index is 0.0205. The van der Waals surface area contributed by atoms with Crippen LogP contribution in [-0.4, -0.2) is 54.0 Å². The number of aromatic nitrogens is 4. The Hall–Kier alpha value is -4.35. The number of nitrogens with zero attached hydrogens (tertiary/aromatic N) is 4. The highest BCUT2D eigenvalue weighted by atomic mass is 16.4. The molecule has 0 saturated carbocycles. The molecular weight excluding hydrogens is 430 g/mol. The number of anilines is 2. The molecule has 12 nitrogen and oxygen atoms in total. The molecule has 1 unspecified atom stereocenters. The molecule has 3 aromatic rings. The van der Waals surface area contributed by atoms with Gasteiger partial charge < -0.3 is 27.0 Å². The van der Waals surface area contributed by atoms with E-state index in [4.69, 9.17) is 16.6 Å². The number of fused-ring (bicyclic) bond motifs is 1. The molecule has 33 heavy (non-hydrogen) atoms. The molecule has 1 aromatic carbocycles. The van der Waals surface area contributed by atoms with E-state index in [0.717, 1.165) is 5.56 Å². The van der Waals surface area contributed by atoms with Gasteiger partial charge in [0.05, 0.1) is 11.9 Å². The molecule has 2 aromatic heterocycles. The first-order chi connectivity index (χ1) is 15.6. The van der Waals surface area contributed by atoms with Crippen molar-refractivity contribution in [1.82, 2.24) is 25.3 Å². The van der Waals surface area contributed by atoms with Crippen LogP contribution in [0.4, 0.5) is 11.8 Å². The normalized spacial score (nSPS) is 12.8. The summed E-state index contributed by atoms with van der Waals surface area (Å²) in [4.78, 5) is 51.0. The number of carboxylic acid groups (broad SMARTS) is 2. The maximum Gasteiger partial charge on any atom is 0.326 e. The summed E-state index contributed by atoms with van der Waals surface area (Å²) >= 11 is 0. The van der Waals surface area contributed by atoms with Crippen LogP contribution in [-0.2, 0) is 16.0 Å². The summed E-state index contributed by atoms with van der Waals surface area (Å²) in [6.07, 6.45) is 1.56. The fourth-order valence-electron chi connectivity index (χ4n) is 3.24. The molecule has 7 N–H and O–H groups in total. The van der Waals surface area contributed by atoms with Gasteiger partial charge in [0.2, 0.25) is 5.95 Å². The van der Waals surface area contributed by atoms with E-state index >= 15 is 0 Å². The fraction of sp³-hybridized carbons (Fsp3) is 0.286. The van der Waals surface area contributed by atoms with Gasteiger partial charge in [0, 0.05) is 12.0 Å². The van der Waals surface area contributed by atoms with Crippen molar-refractivity contribution in [3.63, 3.8) is 0 Å². The first-order valence-corrected chi connectivity index (χ1v) is 10.0. The Labute approximate surface area is 188 Å². The summed E-state index contributed by atoms with van der Waals surface area (Å²) in [5.41, 5.74) is 14.0. The maximum atomic E-state index is 12.4. The van der Waals surface area contributed by atoms with E-state index in [-0.39, 0.29) is 36.1 Å². The highest BCUT2D eigenvalue weighted by Gasteiger charge is 2.22. The van der Waals surface area contributed by atoms with Crippen LogP contribution >= 0.6 is 0 Å². The number of amides is 1. The zero-order valence-electron chi connectivity index (χ0n) is 17.7. The number of hydrogen-bond acceptors (Lipinski definition) is 9. The smallest absolute Gasteiger partial charge is 0.326 e. The third-order valence-corrected chi connectivity index (χ3v) is 5.01. The molecule has 0 bridgehead atoms. The summed E-state index contributed by atoms with van der Waals surface area (Å²) in [5.74, 6) is -2.83. The number of carbonyl (C=O) groups is 3. The van der Waals surface area contributed by atoms with E-state index in [1.807, 2.05) is 6.92 Å². The predicted octanol–water partition coefficient (Wildman–Crippen LogP) is 0.978. The average molecular weight is 453 g/mol. The Bertz CT molecular complexity index is 1200. The van der Waals surface area contributed by atoms with Gasteiger partial charge in [-0.15, -0.1) is 0 Å². The molecule has 0 aliphatic heterocycles. The van der Waals surface area contributed by atoms with Gasteiger partial charge in [-0.3, -0.25) is 9.59 Å². The van der Waals surface area contributed by atoms with Gasteiger partial charge in [-0.05, 0) is 36.5 Å². The molecule has 12 heteroatoms. The number of aliphatic carboxylic acids is 2. The standard InChI is InChI=1S/C21H23N7O5/c1-10(8-13-9-24-18-16(25-13)17(22)27-21(23)28-18)11-2-4-12(5-3-11)19(31)26-14(20(32)33)6-7-15(29)30/h2-5,9-10,14H,6-8H2,1H3,(H,26,31)(H,29,30)(H,32,33)(H4,22,23,24,27,28)/t10?,14-/m0/s1. The summed E-state index contributed by atoms with van der Waals surface area (Å²) in [6, 6.07) is 5.40. The van der Waals surface area contributed by atoms with Crippen molar-refractivity contribution >= 4 is 40.8 Å². The zero-order chi connectivity index (χ0) is 24.1. The van der Waals surface area contributed by atoms with Crippen molar-refractivity contribution in [1.29, 1.82) is 0 Å². The van der Waals surface area contributed by atoms with Gasteiger partial charge in [-0.25, -0.2) is 14.8 Å². The van der Waals surface area contributed by atoms with Crippen molar-refractivity contribution in [2.75, 3.05) is 11.5 Å². The molecule has 3 rings (SSSR count). The van der Waals surface area contributed by atoms with Crippen molar-refractivity contribution < 1.29 is 24.6 Å². The van der Waals surface area contributed by atoms with Crippen molar-refractivity contribution in [2.24, 2.45) is 0 Å². The van der Waals surface area contributed by atoms with Gasteiger partial charge in [0.25, 0.3) is 5.91 Å². The van der Waals surface area contributed by atoms with E-state index in [1.165, 1.54) is 0 Å². The summed E-state index contributed by atoms with van der Waals surface area (Å²) < 4.78 is 0. The molecule has 2 atom stereocenters. The lowest BCUT2D eigenvalue weighted by Gasteiger charge is -2.15. The number of benzene rings is 1. The topological polar surface area (TPSA) is 207 Å². The fourth-order valence-corrected chi connectivity index (χ4v) is 3.24. The lowest BCUT2D eigenvalue weighted by atomic mass is 9.95. The van der Waals surface area contributed by atoms with Crippen molar-refractivity contribution in [3.05, 3.63) is 47.3 Å². The van der Waals surface area contributed by atoms with Crippen LogP contribution in [0.15, 0.2) is 30.5 Å². The maximum absolute atomic E-state index is 12.4. The number of nitrogens with two attached hydrogens (primary N) is 2. The van der Waals surface area contributed by atoms with Crippen LogP contribution in [0.25, 0.3) is 11.2 Å². The van der Waals surface area contributed by atoms with Gasteiger partial charge in [-0.1, -0.05) is 19.1 Å². The van der Waals surface area contributed by atoms with E-state index in [2.05, 4.69) is 25.3 Å². The molecular formula is C21H23N7O5. The summed E-state index contributed by atoms with van der Waals surface area (Å²) in [6.45, 7) is 1.98. The number of carboxylic acids is 2. The predicted molar refractivity (Wildman–Crippen MR) is 118 cm³/mol. The SMILES string of the molecule is CC(Cc1cnc2nc(N)nc(N)c2n1)c1ccc(C(=O)N[C@@H](CCC(=O)O)C(=O)O)cc1. The first kappa shape index (κ1) is 23.3. The lowest BCUT2D eigenvalue weighted by Crippen LogP contribution is -2.41. The molecule has 0 saturated heterocycles. The van der Waals surface area contributed by atoms with E-state index < -0.39 is 23.9 Å². The van der Waals surface area contributed by atoms with Crippen LogP contribution in [0.2, 0.25) is 0 Å². The first-order valence-electron chi connectivity index (χ1n) is 10.0. The van der Waals surface area contributed by atoms with E-state index in [1.54, 1.807) is 30.5 Å². The number of carbonyl (C=O) groups excluding carboxylic acids is 1. The number of hydrogen-bond donors (Lipinski definition) is 5. The number of nitrogen functional groups attached to an aromatic ring is 2. The van der Waals surface area contributed by atoms with E-state index in [9.17, 15) is 19.5 Å². The Morgan fingerprint density at radius 1 is 1.06 bits per heavy atom. The molecule has 172 valence electrons. The number of rotatable bonds is 9. The second-order valence-corrected chi connectivity index (χ2v) is 7.52. The molecule has 2 heterocycles. The largest absolute Gasteiger partial charge is 0.481 e. The highest BCUT2D eigenvalue weighted by molar-refractivity contribution is 5.96. The molecule has 0 spiro atoms. The van der Waals surface area contributed by atoms with Gasteiger partial charge in [0.15, 0.2) is 17.0 Å². The molecule has 0 aliphatic rings. The summed E-state index contributed by atoms with van der Waals surface area (Å²) in [5, 5.41) is 20.3. The molecule has 0 radical (unpaired) electrons. The van der Waals surface area contributed by atoms with Gasteiger partial charge in [-0.2, -0.15) is 9.97 Å². The minimum Gasteiger partial charge on any atom is -0.481 e. The Kier molecular flexibility index (Phi) is 6.96. The molecule has 0 fully saturated rings. The van der Waals surface area contributed by atoms with Crippen LogP contribution in [0.1, 0.15) is 47.3 Å². The Morgan fingerprint density at radius 3 is 2.39 bits per heavy atom. The Balaban J connectivity index is 1.67. The second-order valence-electron chi connectivity index (χ2n) is 7.52. The van der Waals surface area contributed by atoms with Crippen molar-refractivity contribution in [3.8, 4) is 0 Å². The number of nitrogens with one attached hydrogen (secondary N) is 1. The highest BCUT2D eigenvalue weighted by Crippen LogP contribution is 2.22. The monoisotopic (exact) mass is 453 g/mol. The average Bonchev–Trinajstić information content (AvgIpc) is 2.76. The summed E-state index contributed by atoms with van der Waals surface area (Å²) in [7, 11) is 0. The molecule has 0 aliphatic carbocycles. The van der Waals surface area contributed by atoms with E-state index in [0.29, 0.717) is 23.3 Å². The van der Waals surface area contributed by atoms with Gasteiger partial charge >= 0.3 is 11.9 Å². The van der Waals surface area contributed by atoms with Crippen LogP contribution in [0.3, 0.4) is 0 Å². The zero-order valence-corrected chi connectivity index (χ0v) is 17.7. The third-order valence-electron chi connectivity index (χ3n) is 5.01.